The van der Waals surface area contributed by atoms with Crippen LogP contribution in [0.5, 0.6) is 17.2 Å². The maximum atomic E-state index is 11.3. The van der Waals surface area contributed by atoms with Gasteiger partial charge in [-0.1, -0.05) is 19.1 Å². The van der Waals surface area contributed by atoms with Crippen LogP contribution in [0.4, 0.5) is 0 Å². The van der Waals surface area contributed by atoms with E-state index in [9.17, 15) is 9.90 Å². The Balaban J connectivity index is 1.81. The lowest BCUT2D eigenvalue weighted by atomic mass is 10.1. The molecule has 0 aliphatic rings. The lowest BCUT2D eigenvalue weighted by Gasteiger charge is -2.11. The third-order valence-electron chi connectivity index (χ3n) is 3.54. The van der Waals surface area contributed by atoms with Crippen molar-refractivity contribution in [3.63, 3.8) is 0 Å². The van der Waals surface area contributed by atoms with Gasteiger partial charge in [0.1, 0.15) is 17.2 Å². The summed E-state index contributed by atoms with van der Waals surface area (Å²) in [5.41, 5.74) is 2.11. The van der Waals surface area contributed by atoms with Crippen LogP contribution in [-0.4, -0.2) is 17.7 Å². The van der Waals surface area contributed by atoms with Crippen molar-refractivity contribution in [3.8, 4) is 28.4 Å². The second-order valence-electron chi connectivity index (χ2n) is 5.49. The minimum atomic E-state index is -1.03. The van der Waals surface area contributed by atoms with E-state index in [2.05, 4.69) is 0 Å². The van der Waals surface area contributed by atoms with E-state index >= 15 is 0 Å². The van der Waals surface area contributed by atoms with Crippen LogP contribution in [0, 0.1) is 0 Å². The van der Waals surface area contributed by atoms with E-state index in [4.69, 9.17) is 13.9 Å². The molecule has 1 aromatic heterocycles. The van der Waals surface area contributed by atoms with Crippen LogP contribution in [0.15, 0.2) is 65.5 Å². The van der Waals surface area contributed by atoms with Gasteiger partial charge >= 0.3 is 5.97 Å². The molecule has 25 heavy (non-hydrogen) atoms. The fourth-order valence-electron chi connectivity index (χ4n) is 2.34. The average molecular weight is 338 g/mol. The molecule has 0 saturated carbocycles. The van der Waals surface area contributed by atoms with Gasteiger partial charge in [-0.3, -0.25) is 0 Å². The van der Waals surface area contributed by atoms with Crippen LogP contribution >= 0.6 is 0 Å². The zero-order valence-corrected chi connectivity index (χ0v) is 13.8. The molecule has 2 aromatic carbocycles. The molecule has 0 fully saturated rings. The highest BCUT2D eigenvalue weighted by Crippen LogP contribution is 2.29. The highest BCUT2D eigenvalue weighted by atomic mass is 16.5. The van der Waals surface area contributed by atoms with E-state index in [-0.39, 0.29) is 5.56 Å². The smallest absolute Gasteiger partial charge is 0.335 e. The van der Waals surface area contributed by atoms with E-state index in [0.717, 1.165) is 17.5 Å². The van der Waals surface area contributed by atoms with Crippen LogP contribution in [0.2, 0.25) is 0 Å². The monoisotopic (exact) mass is 338 g/mol. The molecule has 0 atom stereocenters. The highest BCUT2D eigenvalue weighted by molar-refractivity contribution is 5.88. The second-order valence-corrected chi connectivity index (χ2v) is 5.49. The summed E-state index contributed by atoms with van der Waals surface area (Å²) in [6.45, 7) is 2.50. The fourth-order valence-corrected chi connectivity index (χ4v) is 2.34. The quantitative estimate of drug-likeness (QED) is 0.639. The molecule has 3 aromatic rings. The third-order valence-corrected chi connectivity index (χ3v) is 3.54. The number of furan rings is 1. The number of carboxylic acid groups (broad SMARTS) is 1. The van der Waals surface area contributed by atoms with Crippen LogP contribution < -0.4 is 9.47 Å². The first-order valence-electron chi connectivity index (χ1n) is 7.97. The molecule has 0 bridgehead atoms. The number of hydrogen-bond donors (Lipinski definition) is 1. The van der Waals surface area contributed by atoms with E-state index in [0.29, 0.717) is 23.9 Å². The van der Waals surface area contributed by atoms with Crippen molar-refractivity contribution in [2.75, 3.05) is 6.61 Å². The van der Waals surface area contributed by atoms with Gasteiger partial charge < -0.3 is 19.0 Å². The molecule has 5 heteroatoms. The fraction of sp³-hybridized carbons (Fsp3) is 0.150. The van der Waals surface area contributed by atoms with Crippen LogP contribution in [0.3, 0.4) is 0 Å². The topological polar surface area (TPSA) is 68.9 Å². The van der Waals surface area contributed by atoms with Gasteiger partial charge in [0, 0.05) is 11.6 Å². The Hall–Kier alpha value is -3.21. The third kappa shape index (κ3) is 4.20. The van der Waals surface area contributed by atoms with Crippen molar-refractivity contribution in [2.24, 2.45) is 0 Å². The first kappa shape index (κ1) is 16.6. The second kappa shape index (κ2) is 7.57. The molecule has 0 saturated heterocycles. The van der Waals surface area contributed by atoms with Crippen LogP contribution in [0.25, 0.3) is 11.1 Å². The molecule has 1 N–H and O–H groups in total. The Morgan fingerprint density at radius 2 is 1.76 bits per heavy atom. The minimum absolute atomic E-state index is 0.124. The SMILES string of the molecule is CCCOc1cc(Oc2ccc(-c3ccoc3)cc2)cc(C(=O)O)c1. The molecule has 1 heterocycles. The summed E-state index contributed by atoms with van der Waals surface area (Å²) >= 11 is 0. The summed E-state index contributed by atoms with van der Waals surface area (Å²) in [5.74, 6) is 0.479. The summed E-state index contributed by atoms with van der Waals surface area (Å²) in [5, 5.41) is 9.25. The van der Waals surface area contributed by atoms with Crippen molar-refractivity contribution in [2.45, 2.75) is 13.3 Å². The van der Waals surface area contributed by atoms with Gasteiger partial charge in [0.05, 0.1) is 24.7 Å². The van der Waals surface area contributed by atoms with Crippen LogP contribution in [0.1, 0.15) is 23.7 Å². The molecular formula is C20H18O5. The lowest BCUT2D eigenvalue weighted by Crippen LogP contribution is -2.00. The zero-order chi connectivity index (χ0) is 17.6. The van der Waals surface area contributed by atoms with Crippen LogP contribution in [-0.2, 0) is 0 Å². The van der Waals surface area contributed by atoms with E-state index in [1.807, 2.05) is 37.3 Å². The molecule has 5 nitrogen and oxygen atoms in total. The molecule has 128 valence electrons. The number of benzene rings is 2. The van der Waals surface area contributed by atoms with Gasteiger partial charge in [-0.2, -0.15) is 0 Å². The van der Waals surface area contributed by atoms with Crippen molar-refractivity contribution in [1.29, 1.82) is 0 Å². The first-order valence-corrected chi connectivity index (χ1v) is 7.97. The summed E-state index contributed by atoms with van der Waals surface area (Å²) in [6.07, 6.45) is 4.13. The standard InChI is InChI=1S/C20H18O5/c1-2-8-24-18-10-16(20(21)22)11-19(12-18)25-17-5-3-14(4-6-17)15-7-9-23-13-15/h3-7,9-13H,2,8H2,1H3,(H,21,22). The molecule has 0 spiro atoms. The number of hydrogen-bond acceptors (Lipinski definition) is 4. The van der Waals surface area contributed by atoms with E-state index in [1.165, 1.54) is 12.1 Å². The lowest BCUT2D eigenvalue weighted by molar-refractivity contribution is 0.0696. The first-order chi connectivity index (χ1) is 12.2. The predicted octanol–water partition coefficient (Wildman–Crippen LogP) is 5.23. The Bertz CT molecular complexity index is 835. The maximum Gasteiger partial charge on any atom is 0.335 e. The summed E-state index contributed by atoms with van der Waals surface area (Å²) in [6, 6.07) is 14.0. The number of carboxylic acids is 1. The largest absolute Gasteiger partial charge is 0.493 e. The highest BCUT2D eigenvalue weighted by Gasteiger charge is 2.10. The summed E-state index contributed by atoms with van der Waals surface area (Å²) < 4.78 is 16.4. The minimum Gasteiger partial charge on any atom is -0.493 e. The average Bonchev–Trinajstić information content (AvgIpc) is 3.15. The molecule has 0 unspecified atom stereocenters. The van der Waals surface area contributed by atoms with Gasteiger partial charge in [0.25, 0.3) is 0 Å². The Morgan fingerprint density at radius 1 is 1.00 bits per heavy atom. The Morgan fingerprint density at radius 3 is 2.40 bits per heavy atom. The van der Waals surface area contributed by atoms with E-state index in [1.54, 1.807) is 18.6 Å². The molecule has 0 aliphatic carbocycles. The van der Waals surface area contributed by atoms with Crippen molar-refractivity contribution in [3.05, 3.63) is 66.6 Å². The predicted molar refractivity (Wildman–Crippen MR) is 93.4 cm³/mol. The van der Waals surface area contributed by atoms with Crippen molar-refractivity contribution < 1.29 is 23.8 Å². The Labute approximate surface area is 145 Å². The van der Waals surface area contributed by atoms with Gasteiger partial charge in [0.2, 0.25) is 0 Å². The maximum absolute atomic E-state index is 11.3. The summed E-state index contributed by atoms with van der Waals surface area (Å²) in [7, 11) is 0. The molecule has 0 radical (unpaired) electrons. The molecule has 0 amide bonds. The number of ether oxygens (including phenoxy) is 2. The van der Waals surface area contributed by atoms with Gasteiger partial charge in [-0.15, -0.1) is 0 Å². The summed E-state index contributed by atoms with van der Waals surface area (Å²) in [4.78, 5) is 11.3. The van der Waals surface area contributed by atoms with Crippen molar-refractivity contribution in [1.82, 2.24) is 0 Å². The molecule has 0 aliphatic heterocycles. The number of aromatic carboxylic acids is 1. The Kier molecular flexibility index (Phi) is 5.04. The molecular weight excluding hydrogens is 320 g/mol. The number of rotatable bonds is 7. The normalized spacial score (nSPS) is 10.4. The van der Waals surface area contributed by atoms with Gasteiger partial charge in [0.15, 0.2) is 0 Å². The van der Waals surface area contributed by atoms with Crippen molar-refractivity contribution >= 4 is 5.97 Å². The zero-order valence-electron chi connectivity index (χ0n) is 13.8. The van der Waals surface area contributed by atoms with Gasteiger partial charge in [-0.05, 0) is 42.3 Å². The molecule has 3 rings (SSSR count). The number of carbonyl (C=O) groups is 1. The van der Waals surface area contributed by atoms with Gasteiger partial charge in [-0.25, -0.2) is 4.79 Å². The van der Waals surface area contributed by atoms with E-state index < -0.39 is 5.97 Å².